The van der Waals surface area contributed by atoms with Gasteiger partial charge in [0, 0.05) is 32.7 Å². The molecule has 0 aliphatic carbocycles. The number of hydrogen-bond donors (Lipinski definition) is 0. The molecule has 0 N–H and O–H groups in total. The first-order valence-electron chi connectivity index (χ1n) is 11.7. The molecule has 1 fully saturated rings. The fourth-order valence-corrected chi connectivity index (χ4v) is 5.20. The van der Waals surface area contributed by atoms with E-state index < -0.39 is 0 Å². The molecule has 174 valence electrons. The van der Waals surface area contributed by atoms with E-state index in [4.69, 9.17) is 17.3 Å². The van der Waals surface area contributed by atoms with Crippen LogP contribution in [0.25, 0.3) is 16.8 Å². The lowest BCUT2D eigenvalue weighted by Gasteiger charge is -2.33. The van der Waals surface area contributed by atoms with Crippen molar-refractivity contribution in [1.82, 2.24) is 24.1 Å². The maximum atomic E-state index is 5.90. The highest BCUT2D eigenvalue weighted by Gasteiger charge is 2.19. The molecule has 2 aromatic heterocycles. The number of nitrogens with zero attached hydrogens (tertiary/aromatic N) is 5. The van der Waals surface area contributed by atoms with E-state index in [0.717, 1.165) is 61.4 Å². The van der Waals surface area contributed by atoms with Crippen LogP contribution in [0.5, 0.6) is 0 Å². The molecule has 7 heteroatoms. The average molecular weight is 488 g/mol. The van der Waals surface area contributed by atoms with Crippen molar-refractivity contribution in [2.45, 2.75) is 13.2 Å². The minimum atomic E-state index is 0.729. The zero-order chi connectivity index (χ0) is 23.2. The normalized spacial score (nSPS) is 15.3. The van der Waals surface area contributed by atoms with E-state index in [1.54, 1.807) is 11.3 Å². The van der Waals surface area contributed by atoms with Gasteiger partial charge in [-0.15, -0.1) is 16.4 Å². The van der Waals surface area contributed by atoms with Crippen LogP contribution in [0.1, 0.15) is 11.1 Å². The Balaban J connectivity index is 1.24. The minimum Gasteiger partial charge on any atom is -0.297 e. The largest absolute Gasteiger partial charge is 0.297 e. The first-order valence-corrected chi connectivity index (χ1v) is 13.0. The predicted molar refractivity (Wildman–Crippen MR) is 143 cm³/mol. The zero-order valence-electron chi connectivity index (χ0n) is 19.2. The average Bonchev–Trinajstić information content (AvgIpc) is 3.51. The second-order valence-electron chi connectivity index (χ2n) is 8.53. The van der Waals surface area contributed by atoms with E-state index in [2.05, 4.69) is 98.6 Å². The maximum Gasteiger partial charge on any atom is 0.199 e. The van der Waals surface area contributed by atoms with Crippen LogP contribution < -0.4 is 0 Å². The van der Waals surface area contributed by atoms with Crippen molar-refractivity contribution in [3.63, 3.8) is 0 Å². The molecule has 0 radical (unpaired) electrons. The third-order valence-corrected chi connectivity index (χ3v) is 7.42. The molecule has 1 aliphatic heterocycles. The summed E-state index contributed by atoms with van der Waals surface area (Å²) in [6, 6.07) is 25.1. The van der Waals surface area contributed by atoms with Gasteiger partial charge in [0.15, 0.2) is 10.6 Å². The topological polar surface area (TPSA) is 29.2 Å². The predicted octanol–water partition coefficient (Wildman–Crippen LogP) is 5.48. The van der Waals surface area contributed by atoms with Crippen LogP contribution in [-0.2, 0) is 13.2 Å². The number of aromatic nitrogens is 3. The molecule has 2 aromatic carbocycles. The van der Waals surface area contributed by atoms with Gasteiger partial charge in [-0.25, -0.2) is 4.68 Å². The molecule has 0 saturated carbocycles. The summed E-state index contributed by atoms with van der Waals surface area (Å²) >= 11 is 7.61. The van der Waals surface area contributed by atoms with Crippen LogP contribution in [0.3, 0.4) is 0 Å². The number of hydrogen-bond acceptors (Lipinski definition) is 5. The lowest BCUT2D eigenvalue weighted by Crippen LogP contribution is -2.46. The number of rotatable bonds is 8. The summed E-state index contributed by atoms with van der Waals surface area (Å²) in [5, 5.41) is 7.06. The van der Waals surface area contributed by atoms with Crippen molar-refractivity contribution in [2.24, 2.45) is 0 Å². The molecular weight excluding hydrogens is 458 g/mol. The van der Waals surface area contributed by atoms with Gasteiger partial charge < -0.3 is 0 Å². The Kier molecular flexibility index (Phi) is 7.46. The molecular formula is C27H29N5S2. The van der Waals surface area contributed by atoms with Gasteiger partial charge in [0.2, 0.25) is 0 Å². The van der Waals surface area contributed by atoms with Gasteiger partial charge in [-0.3, -0.25) is 14.4 Å². The Hall–Kier alpha value is -2.84. The Labute approximate surface area is 210 Å². The third-order valence-electron chi connectivity index (χ3n) is 6.12. The monoisotopic (exact) mass is 487 g/mol. The first-order chi connectivity index (χ1) is 16.8. The van der Waals surface area contributed by atoms with Crippen molar-refractivity contribution in [3.05, 3.63) is 100 Å². The van der Waals surface area contributed by atoms with E-state index in [0.29, 0.717) is 0 Å². The van der Waals surface area contributed by atoms with Crippen LogP contribution in [0.4, 0.5) is 0 Å². The molecule has 0 unspecified atom stereocenters. The van der Waals surface area contributed by atoms with Gasteiger partial charge >= 0.3 is 0 Å². The van der Waals surface area contributed by atoms with E-state index in [9.17, 15) is 0 Å². The fourth-order valence-electron chi connectivity index (χ4n) is 4.23. The highest BCUT2D eigenvalue weighted by molar-refractivity contribution is 7.71. The van der Waals surface area contributed by atoms with Crippen LogP contribution in [-0.4, -0.2) is 56.9 Å². The molecule has 3 heterocycles. The molecule has 0 atom stereocenters. The summed E-state index contributed by atoms with van der Waals surface area (Å²) in [5.74, 6) is 0.952. The molecule has 1 saturated heterocycles. The molecule has 34 heavy (non-hydrogen) atoms. The summed E-state index contributed by atoms with van der Waals surface area (Å²) in [6.45, 7) is 6.57. The standard InChI is InChI=1S/C27H29N5S2/c33-27-31(21-24-11-5-2-6-12-24)26(25-14-8-20-34-25)28-32(27)22-30-18-16-29(17-19-30)15-7-13-23-9-3-1-4-10-23/h1-14,20H,15-19,21-22H2/b13-7+. The third kappa shape index (κ3) is 5.62. The van der Waals surface area contributed by atoms with Crippen LogP contribution in [0.15, 0.2) is 84.3 Å². The van der Waals surface area contributed by atoms with Gasteiger partial charge in [-0.05, 0) is 34.8 Å². The Morgan fingerprint density at radius 1 is 0.853 bits per heavy atom. The SMILES string of the molecule is S=c1n(CN2CCN(C/C=C/c3ccccc3)CC2)nc(-c2cccs2)n1Cc1ccccc1. The number of piperazine rings is 1. The van der Waals surface area contributed by atoms with Crippen LogP contribution in [0.2, 0.25) is 0 Å². The second kappa shape index (κ2) is 11.1. The molecule has 1 aliphatic rings. The van der Waals surface area contributed by atoms with E-state index >= 15 is 0 Å². The van der Waals surface area contributed by atoms with Gasteiger partial charge in [0.05, 0.1) is 18.1 Å². The summed E-state index contributed by atoms with van der Waals surface area (Å²) < 4.78 is 4.94. The molecule has 5 nitrogen and oxygen atoms in total. The van der Waals surface area contributed by atoms with E-state index in [1.165, 1.54) is 11.1 Å². The van der Waals surface area contributed by atoms with E-state index in [1.807, 2.05) is 10.7 Å². The maximum absolute atomic E-state index is 5.90. The van der Waals surface area contributed by atoms with Gasteiger partial charge in [0.1, 0.15) is 0 Å². The quantitative estimate of drug-likeness (QED) is 0.308. The van der Waals surface area contributed by atoms with Crippen LogP contribution >= 0.6 is 23.6 Å². The Morgan fingerprint density at radius 2 is 1.56 bits per heavy atom. The summed E-state index contributed by atoms with van der Waals surface area (Å²) in [4.78, 5) is 6.10. The summed E-state index contributed by atoms with van der Waals surface area (Å²) in [5.41, 5.74) is 2.48. The Morgan fingerprint density at radius 3 is 2.26 bits per heavy atom. The number of benzene rings is 2. The lowest BCUT2D eigenvalue weighted by molar-refractivity contribution is 0.110. The second-order valence-corrected chi connectivity index (χ2v) is 9.84. The summed E-state index contributed by atoms with van der Waals surface area (Å²) in [7, 11) is 0. The molecule has 4 aromatic rings. The molecule has 0 bridgehead atoms. The van der Waals surface area contributed by atoms with Gasteiger partial charge in [-0.2, -0.15) is 0 Å². The van der Waals surface area contributed by atoms with Gasteiger partial charge in [-0.1, -0.05) is 78.9 Å². The zero-order valence-corrected chi connectivity index (χ0v) is 20.8. The molecule has 0 amide bonds. The van der Waals surface area contributed by atoms with Crippen molar-refractivity contribution in [3.8, 4) is 10.7 Å². The first kappa shape index (κ1) is 22.9. The molecule has 5 rings (SSSR count). The highest BCUT2D eigenvalue weighted by Crippen LogP contribution is 2.25. The lowest BCUT2D eigenvalue weighted by atomic mass is 10.2. The highest BCUT2D eigenvalue weighted by atomic mass is 32.1. The smallest absolute Gasteiger partial charge is 0.199 e. The minimum absolute atomic E-state index is 0.729. The Bertz CT molecular complexity index is 1250. The fraction of sp³-hybridized carbons (Fsp3) is 0.259. The van der Waals surface area contributed by atoms with Crippen LogP contribution in [0, 0.1) is 4.77 Å². The van der Waals surface area contributed by atoms with Crippen molar-refractivity contribution in [2.75, 3.05) is 32.7 Å². The summed E-state index contributed by atoms with van der Waals surface area (Å²) in [6.07, 6.45) is 4.47. The van der Waals surface area contributed by atoms with E-state index in [-0.39, 0.29) is 0 Å². The van der Waals surface area contributed by atoms with Crippen molar-refractivity contribution in [1.29, 1.82) is 0 Å². The van der Waals surface area contributed by atoms with Crippen molar-refractivity contribution >= 4 is 29.6 Å². The van der Waals surface area contributed by atoms with Gasteiger partial charge in [0.25, 0.3) is 0 Å². The molecule has 0 spiro atoms. The number of thiophene rings is 1. The van der Waals surface area contributed by atoms with Crippen molar-refractivity contribution < 1.29 is 0 Å².